The van der Waals surface area contributed by atoms with Crippen molar-refractivity contribution in [3.63, 3.8) is 0 Å². The lowest BCUT2D eigenvalue weighted by molar-refractivity contribution is -0.179. The largest absolute Gasteiger partial charge is 0.353 e. The number of benzene rings is 1. The van der Waals surface area contributed by atoms with Crippen LogP contribution in [0.5, 0.6) is 0 Å². The summed E-state index contributed by atoms with van der Waals surface area (Å²) in [6.07, 6.45) is 1.80. The molecule has 0 radical (unpaired) electrons. The summed E-state index contributed by atoms with van der Waals surface area (Å²) in [6.45, 7) is 1.88. The molecular formula is C19H19N3O4. The van der Waals surface area contributed by atoms with Crippen LogP contribution >= 0.6 is 0 Å². The molecule has 3 saturated heterocycles. The number of carbonyl (C=O) groups is 2. The molecule has 26 heavy (non-hydrogen) atoms. The van der Waals surface area contributed by atoms with Crippen molar-refractivity contribution in [2.45, 2.75) is 31.0 Å². The zero-order valence-electron chi connectivity index (χ0n) is 14.3. The number of hydrogen-bond donors (Lipinski definition) is 0. The summed E-state index contributed by atoms with van der Waals surface area (Å²) in [6, 6.07) is 11.0. The minimum atomic E-state index is -0.646. The molecule has 0 bridgehead atoms. The van der Waals surface area contributed by atoms with E-state index >= 15 is 0 Å². The van der Waals surface area contributed by atoms with Gasteiger partial charge in [-0.3, -0.25) is 9.59 Å². The molecule has 0 aliphatic carbocycles. The number of hydrogen-bond acceptors (Lipinski definition) is 5. The number of rotatable bonds is 2. The van der Waals surface area contributed by atoms with E-state index in [0.29, 0.717) is 38.2 Å². The normalized spacial score (nSPS) is 27.5. The predicted octanol–water partition coefficient (Wildman–Crippen LogP) is 1.90. The van der Waals surface area contributed by atoms with Crippen LogP contribution < -0.4 is 0 Å². The van der Waals surface area contributed by atoms with Crippen LogP contribution in [0.3, 0.4) is 0 Å². The minimum Gasteiger partial charge on any atom is -0.353 e. The SMILES string of the molecule is O=C(c1cc(-c2ccccc2)no1)N1CC[C@@]23OCCCN2C(=O)C[C@@H]13. The van der Waals surface area contributed by atoms with E-state index in [1.807, 2.05) is 35.2 Å². The second-order valence-corrected chi connectivity index (χ2v) is 7.00. The smallest absolute Gasteiger partial charge is 0.292 e. The molecule has 5 rings (SSSR count). The standard InChI is InChI=1S/C19H19N3O4/c23-17-12-16-19(22(17)8-4-10-25-19)7-9-21(16)18(24)15-11-14(20-26-15)13-5-2-1-3-6-13/h1-3,5-6,11,16H,4,7-10,12H2/t16-,19+/m1/s1. The van der Waals surface area contributed by atoms with Gasteiger partial charge in [-0.2, -0.15) is 0 Å². The van der Waals surface area contributed by atoms with Crippen molar-refractivity contribution in [3.05, 3.63) is 42.2 Å². The molecular weight excluding hydrogens is 334 g/mol. The van der Waals surface area contributed by atoms with Crippen molar-refractivity contribution in [1.82, 2.24) is 15.0 Å². The molecule has 3 fully saturated rings. The summed E-state index contributed by atoms with van der Waals surface area (Å²) in [5, 5.41) is 4.03. The Bertz CT molecular complexity index is 865. The molecule has 7 nitrogen and oxygen atoms in total. The van der Waals surface area contributed by atoms with Gasteiger partial charge in [-0.15, -0.1) is 0 Å². The number of aromatic nitrogens is 1. The predicted molar refractivity (Wildman–Crippen MR) is 91.0 cm³/mol. The number of likely N-dealkylation sites (tertiary alicyclic amines) is 1. The van der Waals surface area contributed by atoms with E-state index in [1.54, 1.807) is 11.0 Å². The molecule has 1 aromatic carbocycles. The van der Waals surface area contributed by atoms with Gasteiger partial charge >= 0.3 is 0 Å². The molecule has 0 saturated carbocycles. The van der Waals surface area contributed by atoms with Crippen LogP contribution in [0, 0.1) is 0 Å². The Morgan fingerprint density at radius 2 is 2.08 bits per heavy atom. The van der Waals surface area contributed by atoms with E-state index in [9.17, 15) is 9.59 Å². The second-order valence-electron chi connectivity index (χ2n) is 7.00. The van der Waals surface area contributed by atoms with Gasteiger partial charge in [0.2, 0.25) is 11.7 Å². The van der Waals surface area contributed by atoms with Gasteiger partial charge < -0.3 is 19.1 Å². The average molecular weight is 353 g/mol. The Hall–Kier alpha value is -2.67. The maximum absolute atomic E-state index is 13.0. The summed E-state index contributed by atoms with van der Waals surface area (Å²) in [7, 11) is 0. The summed E-state index contributed by atoms with van der Waals surface area (Å²) in [5.74, 6) is 0.0303. The molecule has 0 unspecified atom stereocenters. The molecule has 2 atom stereocenters. The van der Waals surface area contributed by atoms with Gasteiger partial charge in [0, 0.05) is 31.1 Å². The van der Waals surface area contributed by atoms with Gasteiger partial charge in [0.1, 0.15) is 5.69 Å². The molecule has 2 aromatic rings. The second kappa shape index (κ2) is 5.67. The third kappa shape index (κ3) is 2.13. The van der Waals surface area contributed by atoms with Gasteiger partial charge in [-0.25, -0.2) is 0 Å². The van der Waals surface area contributed by atoms with Crippen LogP contribution in [-0.2, 0) is 9.53 Å². The van der Waals surface area contributed by atoms with Crippen LogP contribution in [-0.4, -0.2) is 58.2 Å². The highest BCUT2D eigenvalue weighted by Gasteiger charge is 2.61. The van der Waals surface area contributed by atoms with E-state index < -0.39 is 5.72 Å². The lowest BCUT2D eigenvalue weighted by atomic mass is 10.0. The van der Waals surface area contributed by atoms with Crippen molar-refractivity contribution < 1.29 is 18.8 Å². The van der Waals surface area contributed by atoms with Gasteiger partial charge in [-0.1, -0.05) is 35.5 Å². The van der Waals surface area contributed by atoms with Crippen LogP contribution in [0.4, 0.5) is 0 Å². The highest BCUT2D eigenvalue weighted by Crippen LogP contribution is 2.45. The summed E-state index contributed by atoms with van der Waals surface area (Å²) < 4.78 is 11.4. The van der Waals surface area contributed by atoms with Crippen LogP contribution in [0.15, 0.2) is 40.9 Å². The van der Waals surface area contributed by atoms with Crippen LogP contribution in [0.25, 0.3) is 11.3 Å². The molecule has 1 spiro atoms. The Balaban J connectivity index is 1.42. The van der Waals surface area contributed by atoms with E-state index in [2.05, 4.69) is 5.16 Å². The first kappa shape index (κ1) is 15.6. The maximum atomic E-state index is 13.0. The fraction of sp³-hybridized carbons (Fsp3) is 0.421. The Morgan fingerprint density at radius 3 is 2.92 bits per heavy atom. The first-order valence-corrected chi connectivity index (χ1v) is 8.96. The van der Waals surface area contributed by atoms with Crippen LogP contribution in [0.2, 0.25) is 0 Å². The number of carbonyl (C=O) groups excluding carboxylic acids is 2. The fourth-order valence-corrected chi connectivity index (χ4v) is 4.46. The fourth-order valence-electron chi connectivity index (χ4n) is 4.46. The number of ether oxygens (including phenoxy) is 1. The Labute approximate surface area is 150 Å². The monoisotopic (exact) mass is 353 g/mol. The number of nitrogens with zero attached hydrogens (tertiary/aromatic N) is 3. The maximum Gasteiger partial charge on any atom is 0.292 e. The quantitative estimate of drug-likeness (QED) is 0.824. The third-order valence-corrected chi connectivity index (χ3v) is 5.66. The van der Waals surface area contributed by atoms with Gasteiger partial charge in [0.15, 0.2) is 5.72 Å². The lowest BCUT2D eigenvalue weighted by Crippen LogP contribution is -2.56. The van der Waals surface area contributed by atoms with Crippen molar-refractivity contribution in [1.29, 1.82) is 0 Å². The third-order valence-electron chi connectivity index (χ3n) is 5.66. The van der Waals surface area contributed by atoms with Crippen molar-refractivity contribution in [2.24, 2.45) is 0 Å². The summed E-state index contributed by atoms with van der Waals surface area (Å²) in [4.78, 5) is 28.9. The van der Waals surface area contributed by atoms with Gasteiger partial charge in [0.05, 0.1) is 19.1 Å². The molecule has 4 heterocycles. The first-order valence-electron chi connectivity index (χ1n) is 8.96. The number of amides is 2. The average Bonchev–Trinajstić information content (AvgIpc) is 3.35. The molecule has 3 aliphatic heterocycles. The van der Waals surface area contributed by atoms with Gasteiger partial charge in [0.25, 0.3) is 5.91 Å². The van der Waals surface area contributed by atoms with Crippen molar-refractivity contribution >= 4 is 11.8 Å². The van der Waals surface area contributed by atoms with Crippen molar-refractivity contribution in [3.8, 4) is 11.3 Å². The summed E-state index contributed by atoms with van der Waals surface area (Å²) >= 11 is 0. The molecule has 7 heteroatoms. The lowest BCUT2D eigenvalue weighted by Gasteiger charge is -2.42. The molecule has 134 valence electrons. The molecule has 1 aromatic heterocycles. The van der Waals surface area contributed by atoms with E-state index in [-0.39, 0.29) is 23.6 Å². The summed E-state index contributed by atoms with van der Waals surface area (Å²) in [5.41, 5.74) is 0.875. The highest BCUT2D eigenvalue weighted by atomic mass is 16.5. The topological polar surface area (TPSA) is 75.9 Å². The van der Waals surface area contributed by atoms with Crippen molar-refractivity contribution in [2.75, 3.05) is 19.7 Å². The van der Waals surface area contributed by atoms with E-state index in [1.165, 1.54) is 0 Å². The Kier molecular flexibility index (Phi) is 3.40. The van der Waals surface area contributed by atoms with Gasteiger partial charge in [-0.05, 0) is 6.42 Å². The zero-order valence-corrected chi connectivity index (χ0v) is 14.3. The Morgan fingerprint density at radius 1 is 1.23 bits per heavy atom. The zero-order chi connectivity index (χ0) is 17.7. The molecule has 2 amide bonds. The minimum absolute atomic E-state index is 0.0646. The van der Waals surface area contributed by atoms with E-state index in [4.69, 9.17) is 9.26 Å². The van der Waals surface area contributed by atoms with Crippen LogP contribution in [0.1, 0.15) is 29.8 Å². The highest BCUT2D eigenvalue weighted by molar-refractivity contribution is 5.94. The van der Waals surface area contributed by atoms with E-state index in [0.717, 1.165) is 12.0 Å². The first-order chi connectivity index (χ1) is 12.7. The molecule has 0 N–H and O–H groups in total. The molecule has 3 aliphatic rings.